The van der Waals surface area contributed by atoms with Gasteiger partial charge in [-0.05, 0) is 74.7 Å². The van der Waals surface area contributed by atoms with E-state index in [1.165, 1.54) is 18.4 Å². The summed E-state index contributed by atoms with van der Waals surface area (Å²) in [6.45, 7) is 14.2. The van der Waals surface area contributed by atoms with E-state index in [1.54, 1.807) is 0 Å². The molecule has 3 aliphatic carbocycles. The molecule has 0 aromatic rings. The van der Waals surface area contributed by atoms with Gasteiger partial charge in [0.15, 0.2) is 0 Å². The normalized spacial score (nSPS) is 30.7. The number of ether oxygens (including phenoxy) is 1. The molecule has 0 heterocycles. The van der Waals surface area contributed by atoms with Crippen LogP contribution in [0.5, 0.6) is 0 Å². The standard InChI is InChI=1S/C23H36O7.C10H16.Na/c1-4-13(2)23(29)30-20-11-17(25)9-15-6-5-14(3)19(22(15)20)8-7-16(24)10-18(26)12-21(27)28;1-8(2)10-6-4-9(3)5-7-10;/h5-6,9,13-14,16-20,22,24-26H,4,7-8,10-12H2,1-3H3,(H,27,28);4,6,9-10H,1,5,7H2,2-3H3;/t13-,14-,16+,17+,18+,19-,20-,22?;9?,10-;/m00./s1. The molecule has 41 heavy (non-hydrogen) atoms. The predicted molar refractivity (Wildman–Crippen MR) is 163 cm³/mol. The minimum Gasteiger partial charge on any atom is -0.481 e. The number of aliphatic hydroxyl groups excluding tert-OH is 3. The summed E-state index contributed by atoms with van der Waals surface area (Å²) in [5, 5.41) is 39.1. The van der Waals surface area contributed by atoms with E-state index in [1.807, 2.05) is 26.0 Å². The van der Waals surface area contributed by atoms with E-state index in [0.717, 1.165) is 11.5 Å². The third kappa shape index (κ3) is 12.5. The summed E-state index contributed by atoms with van der Waals surface area (Å²) in [6, 6.07) is 0. The van der Waals surface area contributed by atoms with Crippen molar-refractivity contribution in [3.63, 3.8) is 0 Å². The molecule has 1 radical (unpaired) electrons. The maximum Gasteiger partial charge on any atom is 0.308 e. The van der Waals surface area contributed by atoms with Crippen molar-refractivity contribution in [2.75, 3.05) is 0 Å². The average Bonchev–Trinajstić information content (AvgIpc) is 2.87. The third-order valence-corrected chi connectivity index (χ3v) is 8.68. The van der Waals surface area contributed by atoms with Crippen molar-refractivity contribution in [1.82, 2.24) is 0 Å². The van der Waals surface area contributed by atoms with Crippen molar-refractivity contribution in [2.45, 2.75) is 110 Å². The van der Waals surface area contributed by atoms with Crippen molar-refractivity contribution >= 4 is 41.5 Å². The maximum absolute atomic E-state index is 12.4. The van der Waals surface area contributed by atoms with Gasteiger partial charge in [-0.25, -0.2) is 0 Å². The Morgan fingerprint density at radius 3 is 2.37 bits per heavy atom. The van der Waals surface area contributed by atoms with Gasteiger partial charge in [-0.3, -0.25) is 9.59 Å². The molecule has 0 amide bonds. The molecule has 3 aliphatic rings. The number of hydrogen-bond acceptors (Lipinski definition) is 6. The predicted octanol–water partition coefficient (Wildman–Crippen LogP) is 5.22. The Hall–Kier alpha value is -1.22. The molecule has 8 heteroatoms. The van der Waals surface area contributed by atoms with Crippen LogP contribution < -0.4 is 0 Å². The number of carboxylic acids is 1. The van der Waals surface area contributed by atoms with Gasteiger partial charge in [0.2, 0.25) is 0 Å². The van der Waals surface area contributed by atoms with Gasteiger partial charge < -0.3 is 25.2 Å². The van der Waals surface area contributed by atoms with Gasteiger partial charge in [-0.2, -0.15) is 0 Å². The molecule has 0 spiro atoms. The summed E-state index contributed by atoms with van der Waals surface area (Å²) in [4.78, 5) is 23.1. The van der Waals surface area contributed by atoms with Gasteiger partial charge in [-0.1, -0.05) is 70.2 Å². The first-order chi connectivity index (χ1) is 18.8. The topological polar surface area (TPSA) is 124 Å². The van der Waals surface area contributed by atoms with Gasteiger partial charge in [0, 0.05) is 41.9 Å². The number of aliphatic carboxylic acids is 1. The average molecular weight is 584 g/mol. The van der Waals surface area contributed by atoms with Gasteiger partial charge in [0.25, 0.3) is 0 Å². The molecule has 0 saturated heterocycles. The molecule has 0 saturated carbocycles. The number of allylic oxidation sites excluding steroid dienone is 5. The minimum atomic E-state index is -1.10. The quantitative estimate of drug-likeness (QED) is 0.149. The zero-order valence-electron chi connectivity index (χ0n) is 26.0. The number of fused-ring (bicyclic) bond motifs is 1. The second-order valence-corrected chi connectivity index (χ2v) is 12.3. The maximum atomic E-state index is 12.4. The van der Waals surface area contributed by atoms with Crippen LogP contribution in [0, 0.1) is 35.5 Å². The Morgan fingerprint density at radius 1 is 1.12 bits per heavy atom. The van der Waals surface area contributed by atoms with Crippen LogP contribution in [0.15, 0.2) is 48.1 Å². The van der Waals surface area contributed by atoms with E-state index in [2.05, 4.69) is 45.6 Å². The van der Waals surface area contributed by atoms with E-state index in [-0.39, 0.29) is 72.0 Å². The molecule has 227 valence electrons. The van der Waals surface area contributed by atoms with Crippen LogP contribution in [0.25, 0.3) is 0 Å². The van der Waals surface area contributed by atoms with Crippen LogP contribution in [-0.4, -0.2) is 86.3 Å². The smallest absolute Gasteiger partial charge is 0.308 e. The first-order valence-corrected chi connectivity index (χ1v) is 15.0. The minimum absolute atomic E-state index is 0. The fraction of sp³-hybridized carbons (Fsp3) is 0.697. The number of carbonyl (C=O) groups excluding carboxylic acids is 1. The van der Waals surface area contributed by atoms with Crippen LogP contribution in [0.3, 0.4) is 0 Å². The molecule has 0 aromatic carbocycles. The van der Waals surface area contributed by atoms with Crippen molar-refractivity contribution in [1.29, 1.82) is 0 Å². The zero-order chi connectivity index (χ0) is 30.0. The molecule has 0 fully saturated rings. The third-order valence-electron chi connectivity index (χ3n) is 8.68. The molecule has 0 bridgehead atoms. The Labute approximate surface area is 269 Å². The number of hydrogen-bond donors (Lipinski definition) is 4. The molecule has 0 aromatic heterocycles. The summed E-state index contributed by atoms with van der Waals surface area (Å²) in [5.41, 5.74) is 2.27. The Kier molecular flexibility index (Phi) is 17.0. The van der Waals surface area contributed by atoms with Gasteiger partial charge in [-0.15, -0.1) is 0 Å². The van der Waals surface area contributed by atoms with E-state index in [9.17, 15) is 24.9 Å². The molecule has 0 aliphatic heterocycles. The van der Waals surface area contributed by atoms with Gasteiger partial charge in [0.05, 0.1) is 30.7 Å². The second kappa shape index (κ2) is 18.4. The van der Waals surface area contributed by atoms with Crippen molar-refractivity contribution in [3.05, 3.63) is 48.1 Å². The fourth-order valence-corrected chi connectivity index (χ4v) is 5.89. The summed E-state index contributed by atoms with van der Waals surface area (Å²) < 4.78 is 5.84. The Morgan fingerprint density at radius 2 is 1.80 bits per heavy atom. The summed E-state index contributed by atoms with van der Waals surface area (Å²) in [7, 11) is 0. The monoisotopic (exact) mass is 583 g/mol. The largest absolute Gasteiger partial charge is 0.481 e. The number of rotatable bonds is 11. The molecule has 10 atom stereocenters. The van der Waals surface area contributed by atoms with Crippen LogP contribution in [-0.2, 0) is 14.3 Å². The SMILES string of the molecule is C=C(C)[C@H]1C=CC(C)CC1.CC[C@H](C)C(=O)O[C@H]1C[C@H](O)C=C2C=C[C@H](C)[C@H](CC[C@@H](O)C[C@@H](O)CC(=O)O)C21.[Na]. The van der Waals surface area contributed by atoms with Crippen molar-refractivity contribution < 1.29 is 34.8 Å². The molecule has 7 nitrogen and oxygen atoms in total. The van der Waals surface area contributed by atoms with Crippen LogP contribution in [0.2, 0.25) is 0 Å². The Bertz CT molecular complexity index is 942. The van der Waals surface area contributed by atoms with E-state index >= 15 is 0 Å². The van der Waals surface area contributed by atoms with Crippen molar-refractivity contribution in [3.8, 4) is 0 Å². The summed E-state index contributed by atoms with van der Waals surface area (Å²) in [6.07, 6.45) is 11.9. The fourth-order valence-electron chi connectivity index (χ4n) is 5.89. The first-order valence-electron chi connectivity index (χ1n) is 15.0. The number of aliphatic hydroxyl groups is 3. The van der Waals surface area contributed by atoms with Gasteiger partial charge >= 0.3 is 11.9 Å². The van der Waals surface area contributed by atoms with Crippen molar-refractivity contribution in [2.24, 2.45) is 35.5 Å². The Balaban J connectivity index is 0.000000644. The van der Waals surface area contributed by atoms with Gasteiger partial charge in [0.1, 0.15) is 6.10 Å². The molecular weight excluding hydrogens is 531 g/mol. The van der Waals surface area contributed by atoms with Crippen LogP contribution in [0.1, 0.15) is 86.0 Å². The van der Waals surface area contributed by atoms with Crippen LogP contribution in [0.4, 0.5) is 0 Å². The summed E-state index contributed by atoms with van der Waals surface area (Å²) in [5.74, 6) is 0.141. The number of carboxylic acid groups (broad SMARTS) is 1. The van der Waals surface area contributed by atoms with Crippen LogP contribution >= 0.6 is 0 Å². The first kappa shape index (κ1) is 37.8. The summed E-state index contributed by atoms with van der Waals surface area (Å²) >= 11 is 0. The van der Waals surface area contributed by atoms with E-state index < -0.39 is 30.4 Å². The molecular formula is C33H52NaO7. The second-order valence-electron chi connectivity index (χ2n) is 12.3. The number of carbonyl (C=O) groups is 2. The van der Waals surface area contributed by atoms with E-state index in [4.69, 9.17) is 9.84 Å². The van der Waals surface area contributed by atoms with E-state index in [0.29, 0.717) is 31.6 Å². The zero-order valence-corrected chi connectivity index (χ0v) is 28.0. The molecule has 2 unspecified atom stereocenters. The molecule has 3 rings (SSSR count). The molecule has 4 N–H and O–H groups in total. The number of esters is 1.